The first-order chi connectivity index (χ1) is 6.80. The predicted octanol–water partition coefficient (Wildman–Crippen LogP) is 3.27. The van der Waals surface area contributed by atoms with Gasteiger partial charge in [0.25, 0.3) is 0 Å². The molecule has 0 saturated carbocycles. The molecule has 1 N–H and O–H groups in total. The summed E-state index contributed by atoms with van der Waals surface area (Å²) in [5, 5.41) is 3.46. The van der Waals surface area contributed by atoms with Crippen LogP contribution in [0.4, 0.5) is 5.69 Å². The molecule has 1 nitrogen and oxygen atoms in total. The van der Waals surface area contributed by atoms with Crippen LogP contribution < -0.4 is 5.32 Å². The van der Waals surface area contributed by atoms with Crippen LogP contribution in [0.2, 0.25) is 0 Å². The minimum absolute atomic E-state index is 0.544. The molecule has 0 fully saturated rings. The lowest BCUT2D eigenvalue weighted by Gasteiger charge is -2.16. The van der Waals surface area contributed by atoms with Crippen LogP contribution in [0.1, 0.15) is 32.3 Å². The zero-order valence-corrected chi connectivity index (χ0v) is 8.88. The van der Waals surface area contributed by atoms with Gasteiger partial charge in [-0.25, -0.2) is 0 Å². The van der Waals surface area contributed by atoms with E-state index in [2.05, 4.69) is 31.2 Å². The van der Waals surface area contributed by atoms with E-state index >= 15 is 0 Å². The van der Waals surface area contributed by atoms with Gasteiger partial charge in [-0.1, -0.05) is 25.8 Å². The standard InChI is InChI=1S/C13H17N/c1-4-11-8-7-9-13(10-11)14-12(5-2)6-3/h1,7-10,12,14H,5-6H2,2-3H3. The zero-order chi connectivity index (χ0) is 10.4. The molecule has 0 aliphatic heterocycles. The van der Waals surface area contributed by atoms with Gasteiger partial charge >= 0.3 is 0 Å². The first-order valence-electron chi connectivity index (χ1n) is 5.13. The summed E-state index contributed by atoms with van der Waals surface area (Å²) in [7, 11) is 0. The highest BCUT2D eigenvalue weighted by atomic mass is 14.9. The van der Waals surface area contributed by atoms with Crippen molar-refractivity contribution >= 4 is 5.69 Å². The molecule has 1 heteroatoms. The molecule has 0 aliphatic carbocycles. The monoisotopic (exact) mass is 187 g/mol. The van der Waals surface area contributed by atoms with Crippen molar-refractivity contribution in [1.29, 1.82) is 0 Å². The predicted molar refractivity (Wildman–Crippen MR) is 62.4 cm³/mol. The van der Waals surface area contributed by atoms with Crippen molar-refractivity contribution in [3.63, 3.8) is 0 Å². The average molecular weight is 187 g/mol. The molecule has 0 aliphatic rings. The smallest absolute Gasteiger partial charge is 0.0354 e. The summed E-state index contributed by atoms with van der Waals surface area (Å²) in [6.07, 6.45) is 7.61. The van der Waals surface area contributed by atoms with Crippen molar-refractivity contribution in [2.45, 2.75) is 32.7 Å². The summed E-state index contributed by atoms with van der Waals surface area (Å²) in [5.74, 6) is 2.64. The van der Waals surface area contributed by atoms with Crippen LogP contribution in [0.15, 0.2) is 24.3 Å². The van der Waals surface area contributed by atoms with E-state index in [1.54, 1.807) is 0 Å². The third-order valence-electron chi connectivity index (χ3n) is 2.39. The molecule has 0 amide bonds. The summed E-state index contributed by atoms with van der Waals surface area (Å²) < 4.78 is 0. The first-order valence-corrected chi connectivity index (χ1v) is 5.13. The maximum Gasteiger partial charge on any atom is 0.0354 e. The summed E-state index contributed by atoms with van der Waals surface area (Å²) in [4.78, 5) is 0. The Labute approximate surface area is 86.5 Å². The number of nitrogens with one attached hydrogen (secondary N) is 1. The highest BCUT2D eigenvalue weighted by molar-refractivity contribution is 5.50. The van der Waals surface area contributed by atoms with E-state index in [4.69, 9.17) is 6.42 Å². The highest BCUT2D eigenvalue weighted by Gasteiger charge is 2.02. The molecule has 0 aromatic heterocycles. The summed E-state index contributed by atoms with van der Waals surface area (Å²) in [5.41, 5.74) is 2.05. The molecule has 0 radical (unpaired) electrons. The van der Waals surface area contributed by atoms with E-state index in [-0.39, 0.29) is 0 Å². The van der Waals surface area contributed by atoms with Crippen LogP contribution in [0.3, 0.4) is 0 Å². The fraction of sp³-hybridized carbons (Fsp3) is 0.385. The quantitative estimate of drug-likeness (QED) is 0.713. The molecule has 0 unspecified atom stereocenters. The summed E-state index contributed by atoms with van der Waals surface area (Å²) >= 11 is 0. The van der Waals surface area contributed by atoms with Gasteiger partial charge in [-0.05, 0) is 31.0 Å². The van der Waals surface area contributed by atoms with Gasteiger partial charge in [-0.15, -0.1) is 6.42 Å². The molecule has 14 heavy (non-hydrogen) atoms. The molecule has 0 spiro atoms. The Balaban J connectivity index is 2.72. The largest absolute Gasteiger partial charge is 0.382 e. The molecule has 1 aromatic carbocycles. The van der Waals surface area contributed by atoms with Crippen LogP contribution in [0, 0.1) is 12.3 Å². The lowest BCUT2D eigenvalue weighted by Crippen LogP contribution is -2.16. The number of hydrogen-bond donors (Lipinski definition) is 1. The Bertz CT molecular complexity index is 318. The van der Waals surface area contributed by atoms with Crippen molar-refractivity contribution in [1.82, 2.24) is 0 Å². The van der Waals surface area contributed by atoms with E-state index in [1.807, 2.05) is 18.2 Å². The second kappa shape index (κ2) is 5.34. The summed E-state index contributed by atoms with van der Waals surface area (Å²) in [6, 6.07) is 8.54. The average Bonchev–Trinajstić information content (AvgIpc) is 2.26. The van der Waals surface area contributed by atoms with Crippen LogP contribution in [-0.4, -0.2) is 6.04 Å². The minimum atomic E-state index is 0.544. The number of hydrogen-bond acceptors (Lipinski definition) is 1. The molecule has 0 bridgehead atoms. The number of anilines is 1. The third-order valence-corrected chi connectivity index (χ3v) is 2.39. The first kappa shape index (κ1) is 10.7. The van der Waals surface area contributed by atoms with Gasteiger partial charge in [-0.3, -0.25) is 0 Å². The molecule has 0 heterocycles. The molecule has 74 valence electrons. The Morgan fingerprint density at radius 3 is 2.64 bits per heavy atom. The Kier molecular flexibility index (Phi) is 4.07. The van der Waals surface area contributed by atoms with Crippen LogP contribution in [0.25, 0.3) is 0 Å². The van der Waals surface area contributed by atoms with E-state index in [9.17, 15) is 0 Å². The Morgan fingerprint density at radius 1 is 1.36 bits per heavy atom. The van der Waals surface area contributed by atoms with Gasteiger partial charge in [0.2, 0.25) is 0 Å². The normalized spacial score (nSPS) is 9.86. The molecular formula is C13H17N. The maximum absolute atomic E-state index is 5.34. The van der Waals surface area contributed by atoms with Crippen molar-refractivity contribution in [2.24, 2.45) is 0 Å². The second-order valence-electron chi connectivity index (χ2n) is 3.38. The van der Waals surface area contributed by atoms with Gasteiger partial charge in [0.15, 0.2) is 0 Å². The fourth-order valence-corrected chi connectivity index (χ4v) is 1.43. The van der Waals surface area contributed by atoms with Crippen LogP contribution >= 0.6 is 0 Å². The van der Waals surface area contributed by atoms with Crippen molar-refractivity contribution < 1.29 is 0 Å². The van der Waals surface area contributed by atoms with E-state index in [1.165, 1.54) is 0 Å². The molecule has 1 aromatic rings. The fourth-order valence-electron chi connectivity index (χ4n) is 1.43. The highest BCUT2D eigenvalue weighted by Crippen LogP contribution is 2.13. The number of terminal acetylenes is 1. The lowest BCUT2D eigenvalue weighted by atomic mass is 10.1. The van der Waals surface area contributed by atoms with Crippen LogP contribution in [-0.2, 0) is 0 Å². The van der Waals surface area contributed by atoms with Crippen molar-refractivity contribution in [2.75, 3.05) is 5.32 Å². The van der Waals surface area contributed by atoms with Gasteiger partial charge in [0, 0.05) is 17.3 Å². The topological polar surface area (TPSA) is 12.0 Å². The van der Waals surface area contributed by atoms with Gasteiger partial charge < -0.3 is 5.32 Å². The van der Waals surface area contributed by atoms with E-state index < -0.39 is 0 Å². The van der Waals surface area contributed by atoms with E-state index in [0.29, 0.717) is 6.04 Å². The lowest BCUT2D eigenvalue weighted by molar-refractivity contribution is 0.672. The van der Waals surface area contributed by atoms with Crippen molar-refractivity contribution in [3.8, 4) is 12.3 Å². The van der Waals surface area contributed by atoms with Gasteiger partial charge in [0.05, 0.1) is 0 Å². The second-order valence-corrected chi connectivity index (χ2v) is 3.38. The molecule has 0 saturated heterocycles. The Hall–Kier alpha value is -1.42. The molecule has 0 atom stereocenters. The zero-order valence-electron chi connectivity index (χ0n) is 8.88. The Morgan fingerprint density at radius 2 is 2.07 bits per heavy atom. The van der Waals surface area contributed by atoms with Crippen molar-refractivity contribution in [3.05, 3.63) is 29.8 Å². The SMILES string of the molecule is C#Cc1cccc(NC(CC)CC)c1. The van der Waals surface area contributed by atoms with Crippen LogP contribution in [0.5, 0.6) is 0 Å². The molecule has 1 rings (SSSR count). The third kappa shape index (κ3) is 2.81. The maximum atomic E-state index is 5.34. The van der Waals surface area contributed by atoms with Gasteiger partial charge in [-0.2, -0.15) is 0 Å². The van der Waals surface area contributed by atoms with E-state index in [0.717, 1.165) is 24.1 Å². The number of benzene rings is 1. The summed E-state index contributed by atoms with van der Waals surface area (Å²) in [6.45, 7) is 4.37. The minimum Gasteiger partial charge on any atom is -0.382 e. The van der Waals surface area contributed by atoms with Gasteiger partial charge in [0.1, 0.15) is 0 Å². The molecular weight excluding hydrogens is 170 g/mol. The number of rotatable bonds is 4.